The first-order valence-corrected chi connectivity index (χ1v) is 6.22. The van der Waals surface area contributed by atoms with Gasteiger partial charge in [0.1, 0.15) is 18.1 Å². The minimum atomic E-state index is 0.156. The first-order valence-electron chi connectivity index (χ1n) is 6.22. The van der Waals surface area contributed by atoms with Gasteiger partial charge in [0.25, 0.3) is 0 Å². The molecule has 0 aliphatic rings. The van der Waals surface area contributed by atoms with Crippen molar-refractivity contribution in [3.63, 3.8) is 0 Å². The summed E-state index contributed by atoms with van der Waals surface area (Å²) in [5.41, 5.74) is 1.64. The lowest BCUT2D eigenvalue weighted by atomic mass is 10.2. The van der Waals surface area contributed by atoms with Crippen molar-refractivity contribution in [1.29, 1.82) is 0 Å². The molecule has 0 fully saturated rings. The van der Waals surface area contributed by atoms with E-state index in [0.717, 1.165) is 16.7 Å². The van der Waals surface area contributed by atoms with Gasteiger partial charge in [0.15, 0.2) is 11.3 Å². The number of methoxy groups -OCH3 is 1. The van der Waals surface area contributed by atoms with Gasteiger partial charge in [0, 0.05) is 11.5 Å². The molecule has 3 rings (SSSR count). The summed E-state index contributed by atoms with van der Waals surface area (Å²) >= 11 is 0. The van der Waals surface area contributed by atoms with Crippen LogP contribution < -0.4 is 9.47 Å². The maximum atomic E-state index is 9.66. The Morgan fingerprint density at radius 2 is 1.90 bits per heavy atom. The van der Waals surface area contributed by atoms with E-state index in [0.29, 0.717) is 17.9 Å². The fraction of sp³-hybridized carbons (Fsp3) is 0.125. The zero-order valence-corrected chi connectivity index (χ0v) is 11.0. The molecule has 2 aromatic carbocycles. The first kappa shape index (κ1) is 12.4. The number of phenols is 1. The van der Waals surface area contributed by atoms with E-state index in [1.165, 1.54) is 0 Å². The predicted molar refractivity (Wildman–Crippen MR) is 75.2 cm³/mol. The molecule has 0 amide bonds. The van der Waals surface area contributed by atoms with Crippen molar-refractivity contribution in [3.8, 4) is 17.2 Å². The van der Waals surface area contributed by atoms with Crippen molar-refractivity contribution in [2.24, 2.45) is 0 Å². The van der Waals surface area contributed by atoms with Crippen LogP contribution in [-0.4, -0.2) is 12.2 Å². The Balaban J connectivity index is 1.80. The van der Waals surface area contributed by atoms with Crippen LogP contribution in [0.5, 0.6) is 17.2 Å². The second kappa shape index (κ2) is 5.17. The van der Waals surface area contributed by atoms with E-state index in [2.05, 4.69) is 0 Å². The standard InChI is InChI=1S/C16H14O4/c1-18-14-4-2-11(3-5-14)10-20-15-9-13(17)8-12-6-7-19-16(12)15/h2-9,17H,10H2,1H3. The van der Waals surface area contributed by atoms with E-state index in [1.54, 1.807) is 31.6 Å². The molecule has 4 nitrogen and oxygen atoms in total. The van der Waals surface area contributed by atoms with Gasteiger partial charge in [0.05, 0.1) is 13.4 Å². The van der Waals surface area contributed by atoms with Crippen LogP contribution in [0.15, 0.2) is 53.1 Å². The number of hydrogen-bond acceptors (Lipinski definition) is 4. The topological polar surface area (TPSA) is 51.8 Å². The molecule has 1 heterocycles. The number of ether oxygens (including phenoxy) is 2. The normalized spacial score (nSPS) is 10.7. The monoisotopic (exact) mass is 270 g/mol. The molecule has 1 N–H and O–H groups in total. The summed E-state index contributed by atoms with van der Waals surface area (Å²) in [4.78, 5) is 0. The van der Waals surface area contributed by atoms with Crippen LogP contribution in [0.1, 0.15) is 5.56 Å². The number of aromatic hydroxyl groups is 1. The van der Waals surface area contributed by atoms with Crippen molar-refractivity contribution < 1.29 is 19.0 Å². The summed E-state index contributed by atoms with van der Waals surface area (Å²) in [5, 5.41) is 10.5. The van der Waals surface area contributed by atoms with Crippen LogP contribution in [0.4, 0.5) is 0 Å². The second-order valence-corrected chi connectivity index (χ2v) is 4.42. The molecule has 0 bridgehead atoms. The summed E-state index contributed by atoms with van der Waals surface area (Å²) in [6, 6.07) is 12.6. The summed E-state index contributed by atoms with van der Waals surface area (Å²) in [6.45, 7) is 0.392. The third kappa shape index (κ3) is 2.40. The third-order valence-electron chi connectivity index (χ3n) is 3.06. The van der Waals surface area contributed by atoms with Crippen LogP contribution in [0.25, 0.3) is 11.0 Å². The quantitative estimate of drug-likeness (QED) is 0.785. The van der Waals surface area contributed by atoms with Crippen molar-refractivity contribution in [2.75, 3.05) is 7.11 Å². The van der Waals surface area contributed by atoms with E-state index in [-0.39, 0.29) is 5.75 Å². The van der Waals surface area contributed by atoms with Gasteiger partial charge >= 0.3 is 0 Å². The Kier molecular flexibility index (Phi) is 3.21. The maximum absolute atomic E-state index is 9.66. The van der Waals surface area contributed by atoms with Gasteiger partial charge in [-0.3, -0.25) is 0 Å². The molecule has 0 saturated carbocycles. The lowest BCUT2D eigenvalue weighted by Crippen LogP contribution is -1.95. The molecule has 0 spiro atoms. The van der Waals surface area contributed by atoms with Crippen molar-refractivity contribution in [2.45, 2.75) is 6.61 Å². The number of phenolic OH excluding ortho intramolecular Hbond substituents is 1. The molecule has 0 aliphatic heterocycles. The second-order valence-electron chi connectivity index (χ2n) is 4.42. The highest BCUT2D eigenvalue weighted by Gasteiger charge is 2.08. The highest BCUT2D eigenvalue weighted by molar-refractivity contribution is 5.84. The summed E-state index contributed by atoms with van der Waals surface area (Å²) in [5.74, 6) is 1.49. The number of hydrogen-bond donors (Lipinski definition) is 1. The number of fused-ring (bicyclic) bond motifs is 1. The highest BCUT2D eigenvalue weighted by Crippen LogP contribution is 2.32. The van der Waals surface area contributed by atoms with Crippen molar-refractivity contribution in [1.82, 2.24) is 0 Å². The summed E-state index contributed by atoms with van der Waals surface area (Å²) in [6.07, 6.45) is 1.57. The van der Waals surface area contributed by atoms with Gasteiger partial charge in [-0.1, -0.05) is 12.1 Å². The Morgan fingerprint density at radius 3 is 2.65 bits per heavy atom. The highest BCUT2D eigenvalue weighted by atomic mass is 16.5. The van der Waals surface area contributed by atoms with E-state index >= 15 is 0 Å². The molecule has 3 aromatic rings. The van der Waals surface area contributed by atoms with Gasteiger partial charge in [0.2, 0.25) is 0 Å². The Morgan fingerprint density at radius 1 is 1.10 bits per heavy atom. The van der Waals surface area contributed by atoms with Crippen LogP contribution in [0, 0.1) is 0 Å². The van der Waals surface area contributed by atoms with Gasteiger partial charge in [-0.15, -0.1) is 0 Å². The van der Waals surface area contributed by atoms with Gasteiger partial charge in [-0.25, -0.2) is 0 Å². The molecular formula is C16H14O4. The summed E-state index contributed by atoms with van der Waals surface area (Å²) < 4.78 is 16.2. The van der Waals surface area contributed by atoms with Gasteiger partial charge < -0.3 is 19.0 Å². The Bertz CT molecular complexity index is 713. The Labute approximate surface area is 116 Å². The molecule has 4 heteroatoms. The lowest BCUT2D eigenvalue weighted by Gasteiger charge is -2.08. The maximum Gasteiger partial charge on any atom is 0.175 e. The molecule has 0 atom stereocenters. The molecule has 0 unspecified atom stereocenters. The lowest BCUT2D eigenvalue weighted by molar-refractivity contribution is 0.303. The fourth-order valence-electron chi connectivity index (χ4n) is 2.02. The molecule has 102 valence electrons. The largest absolute Gasteiger partial charge is 0.508 e. The molecule has 0 saturated heterocycles. The molecule has 0 aliphatic carbocycles. The molecule has 1 aromatic heterocycles. The first-order chi connectivity index (χ1) is 9.76. The predicted octanol–water partition coefficient (Wildman–Crippen LogP) is 3.73. The zero-order chi connectivity index (χ0) is 13.9. The van der Waals surface area contributed by atoms with E-state index in [9.17, 15) is 5.11 Å². The van der Waals surface area contributed by atoms with Crippen LogP contribution in [-0.2, 0) is 6.61 Å². The minimum absolute atomic E-state index is 0.156. The van der Waals surface area contributed by atoms with Crippen molar-refractivity contribution >= 4 is 11.0 Å². The minimum Gasteiger partial charge on any atom is -0.508 e. The smallest absolute Gasteiger partial charge is 0.175 e. The number of furan rings is 1. The molecule has 20 heavy (non-hydrogen) atoms. The van der Waals surface area contributed by atoms with Crippen LogP contribution >= 0.6 is 0 Å². The van der Waals surface area contributed by atoms with E-state index in [1.807, 2.05) is 24.3 Å². The van der Waals surface area contributed by atoms with Crippen LogP contribution in [0.3, 0.4) is 0 Å². The SMILES string of the molecule is COc1ccc(COc2cc(O)cc3ccoc23)cc1. The van der Waals surface area contributed by atoms with E-state index in [4.69, 9.17) is 13.9 Å². The van der Waals surface area contributed by atoms with E-state index < -0.39 is 0 Å². The van der Waals surface area contributed by atoms with Crippen molar-refractivity contribution in [3.05, 3.63) is 54.3 Å². The number of benzene rings is 2. The van der Waals surface area contributed by atoms with Crippen LogP contribution in [0.2, 0.25) is 0 Å². The zero-order valence-electron chi connectivity index (χ0n) is 11.0. The van der Waals surface area contributed by atoms with Gasteiger partial charge in [-0.2, -0.15) is 0 Å². The average molecular weight is 270 g/mol. The number of rotatable bonds is 4. The van der Waals surface area contributed by atoms with Gasteiger partial charge in [-0.05, 0) is 29.8 Å². The third-order valence-corrected chi connectivity index (χ3v) is 3.06. The molecular weight excluding hydrogens is 256 g/mol. The molecule has 0 radical (unpaired) electrons. The Hall–Kier alpha value is -2.62. The average Bonchev–Trinajstić information content (AvgIpc) is 2.93. The fourth-order valence-corrected chi connectivity index (χ4v) is 2.02. The summed E-state index contributed by atoms with van der Waals surface area (Å²) in [7, 11) is 1.63.